The lowest BCUT2D eigenvalue weighted by molar-refractivity contribution is -0.139. The zero-order chi connectivity index (χ0) is 23.0. The molecule has 0 aliphatic rings. The molecule has 5 nitrogen and oxygen atoms in total. The fraction of sp³-hybridized carbons (Fsp3) is 0.417. The van der Waals surface area contributed by atoms with Gasteiger partial charge in [0.2, 0.25) is 11.8 Å². The molecule has 1 N–H and O–H groups in total. The molecule has 2 aromatic carbocycles. The molecule has 0 aliphatic carbocycles. The van der Waals surface area contributed by atoms with Crippen molar-refractivity contribution in [3.8, 4) is 5.75 Å². The van der Waals surface area contributed by atoms with Crippen molar-refractivity contribution in [2.75, 3.05) is 12.9 Å². The van der Waals surface area contributed by atoms with E-state index in [1.165, 1.54) is 11.8 Å². The molecule has 0 aromatic heterocycles. The third kappa shape index (κ3) is 8.46. The van der Waals surface area contributed by atoms with E-state index in [4.69, 9.17) is 16.3 Å². The van der Waals surface area contributed by atoms with E-state index >= 15 is 0 Å². The molecule has 1 atom stereocenters. The van der Waals surface area contributed by atoms with E-state index in [-0.39, 0.29) is 23.1 Å². The van der Waals surface area contributed by atoms with Gasteiger partial charge in [0.1, 0.15) is 11.8 Å². The van der Waals surface area contributed by atoms with Gasteiger partial charge in [0.05, 0.1) is 12.9 Å². The van der Waals surface area contributed by atoms with Gasteiger partial charge in [-0.25, -0.2) is 0 Å². The first-order valence-electron chi connectivity index (χ1n) is 10.2. The first-order chi connectivity index (χ1) is 14.6. The number of thioether (sulfide) groups is 1. The van der Waals surface area contributed by atoms with Gasteiger partial charge in [0, 0.05) is 22.9 Å². The molecule has 7 heteroatoms. The molecule has 2 rings (SSSR count). The van der Waals surface area contributed by atoms with Crippen molar-refractivity contribution >= 4 is 35.2 Å². The maximum atomic E-state index is 13.1. The number of carbonyl (C=O) groups is 2. The molecule has 2 aromatic rings. The van der Waals surface area contributed by atoms with Crippen molar-refractivity contribution in [1.29, 1.82) is 0 Å². The Labute approximate surface area is 194 Å². The number of halogens is 1. The molecule has 0 radical (unpaired) electrons. The lowest BCUT2D eigenvalue weighted by atomic mass is 10.1. The Kier molecular flexibility index (Phi) is 9.26. The lowest BCUT2D eigenvalue weighted by Crippen LogP contribution is -2.52. The molecule has 0 heterocycles. The molecule has 0 aliphatic heterocycles. The number of methoxy groups -OCH3 is 1. The number of hydrogen-bond acceptors (Lipinski definition) is 4. The van der Waals surface area contributed by atoms with Crippen LogP contribution in [-0.4, -0.2) is 41.2 Å². The average Bonchev–Trinajstić information content (AvgIpc) is 2.70. The van der Waals surface area contributed by atoms with Gasteiger partial charge in [0.25, 0.3) is 0 Å². The lowest BCUT2D eigenvalue weighted by Gasteiger charge is -2.31. The highest BCUT2D eigenvalue weighted by Gasteiger charge is 2.28. The normalized spacial score (nSPS) is 12.2. The van der Waals surface area contributed by atoms with Crippen LogP contribution in [0.4, 0.5) is 0 Å². The van der Waals surface area contributed by atoms with Crippen molar-refractivity contribution in [3.05, 3.63) is 64.7 Å². The Bertz CT molecular complexity index is 881. The summed E-state index contributed by atoms with van der Waals surface area (Å²) in [6, 6.07) is 14.5. The number of nitrogens with zero attached hydrogens (tertiary/aromatic N) is 1. The average molecular weight is 463 g/mol. The summed E-state index contributed by atoms with van der Waals surface area (Å²) in [6.07, 6.45) is 0. The van der Waals surface area contributed by atoms with Crippen LogP contribution >= 0.6 is 23.4 Å². The second-order valence-corrected chi connectivity index (χ2v) is 9.83. The van der Waals surface area contributed by atoms with Crippen LogP contribution in [0.5, 0.6) is 5.75 Å². The van der Waals surface area contributed by atoms with Gasteiger partial charge >= 0.3 is 0 Å². The van der Waals surface area contributed by atoms with E-state index in [0.717, 1.165) is 16.9 Å². The third-order valence-electron chi connectivity index (χ3n) is 4.56. The minimum Gasteiger partial charge on any atom is -0.497 e. The highest BCUT2D eigenvalue weighted by atomic mass is 35.5. The number of ether oxygens (including phenoxy) is 1. The standard InChI is InChI=1S/C24H31ClN2O3S/c1-17(23(29)26-24(2,3)4)27(14-19-7-6-8-20(25)13-19)22(28)16-31-15-18-9-11-21(30-5)12-10-18/h6-13,17H,14-16H2,1-5H3,(H,26,29)/t17-/m1/s1. The van der Waals surface area contributed by atoms with Gasteiger partial charge in [-0.15, -0.1) is 11.8 Å². The molecule has 0 saturated carbocycles. The summed E-state index contributed by atoms with van der Waals surface area (Å²) < 4.78 is 5.18. The first-order valence-corrected chi connectivity index (χ1v) is 11.7. The van der Waals surface area contributed by atoms with Crippen LogP contribution in [0, 0.1) is 0 Å². The maximum Gasteiger partial charge on any atom is 0.242 e. The molecule has 0 unspecified atom stereocenters. The quantitative estimate of drug-likeness (QED) is 0.575. The monoisotopic (exact) mass is 462 g/mol. The summed E-state index contributed by atoms with van der Waals surface area (Å²) in [7, 11) is 1.63. The van der Waals surface area contributed by atoms with Gasteiger partial charge < -0.3 is 15.0 Å². The predicted molar refractivity (Wildman–Crippen MR) is 129 cm³/mol. The number of rotatable bonds is 9. The Morgan fingerprint density at radius 2 is 1.81 bits per heavy atom. The number of hydrogen-bond donors (Lipinski definition) is 1. The fourth-order valence-electron chi connectivity index (χ4n) is 2.95. The highest BCUT2D eigenvalue weighted by molar-refractivity contribution is 7.99. The van der Waals surface area contributed by atoms with Crippen LogP contribution in [0.2, 0.25) is 5.02 Å². The van der Waals surface area contributed by atoms with Crippen LogP contribution in [0.25, 0.3) is 0 Å². The van der Waals surface area contributed by atoms with E-state index in [2.05, 4.69) is 5.32 Å². The summed E-state index contributed by atoms with van der Waals surface area (Å²) in [4.78, 5) is 27.5. The predicted octanol–water partition coefficient (Wildman–Crippen LogP) is 4.91. The molecule has 0 spiro atoms. The third-order valence-corrected chi connectivity index (χ3v) is 5.78. The summed E-state index contributed by atoms with van der Waals surface area (Å²) in [5.74, 6) is 1.51. The second kappa shape index (κ2) is 11.4. The van der Waals surface area contributed by atoms with E-state index in [1.54, 1.807) is 25.0 Å². The van der Waals surface area contributed by atoms with Gasteiger partial charge in [-0.2, -0.15) is 0 Å². The van der Waals surface area contributed by atoms with Crippen LogP contribution in [0.1, 0.15) is 38.8 Å². The molecular formula is C24H31ClN2O3S. The zero-order valence-corrected chi connectivity index (χ0v) is 20.3. The van der Waals surface area contributed by atoms with Crippen LogP contribution in [0.3, 0.4) is 0 Å². The largest absolute Gasteiger partial charge is 0.497 e. The van der Waals surface area contributed by atoms with Crippen molar-refractivity contribution in [2.45, 2.75) is 51.6 Å². The molecule has 168 valence electrons. The summed E-state index contributed by atoms with van der Waals surface area (Å²) in [5, 5.41) is 3.57. The smallest absolute Gasteiger partial charge is 0.242 e. The molecular weight excluding hydrogens is 432 g/mol. The Hall–Kier alpha value is -2.18. The Morgan fingerprint density at radius 1 is 1.13 bits per heavy atom. The van der Waals surface area contributed by atoms with Gasteiger partial charge in [-0.1, -0.05) is 35.9 Å². The van der Waals surface area contributed by atoms with E-state index in [9.17, 15) is 9.59 Å². The Morgan fingerprint density at radius 3 is 2.39 bits per heavy atom. The minimum absolute atomic E-state index is 0.0879. The summed E-state index contributed by atoms with van der Waals surface area (Å²) in [5.41, 5.74) is 1.62. The molecule has 0 bridgehead atoms. The van der Waals surface area contributed by atoms with Crippen LogP contribution in [0.15, 0.2) is 48.5 Å². The van der Waals surface area contributed by atoms with Gasteiger partial charge in [0.15, 0.2) is 0 Å². The number of amides is 2. The second-order valence-electron chi connectivity index (χ2n) is 8.41. The number of carbonyl (C=O) groups excluding carboxylic acids is 2. The Balaban J connectivity index is 2.07. The van der Waals surface area contributed by atoms with Crippen LogP contribution in [-0.2, 0) is 21.9 Å². The zero-order valence-electron chi connectivity index (χ0n) is 18.8. The number of nitrogens with one attached hydrogen (secondary N) is 1. The topological polar surface area (TPSA) is 58.6 Å². The SMILES string of the molecule is COc1ccc(CSCC(=O)N(Cc2cccc(Cl)c2)[C@H](C)C(=O)NC(C)(C)C)cc1. The van der Waals surface area contributed by atoms with Gasteiger partial charge in [-0.05, 0) is 63.1 Å². The molecule has 2 amide bonds. The van der Waals surface area contributed by atoms with E-state index < -0.39 is 6.04 Å². The summed E-state index contributed by atoms with van der Waals surface area (Å²) >= 11 is 7.64. The van der Waals surface area contributed by atoms with Gasteiger partial charge in [-0.3, -0.25) is 9.59 Å². The van der Waals surface area contributed by atoms with E-state index in [1.807, 2.05) is 63.2 Å². The maximum absolute atomic E-state index is 13.1. The highest BCUT2D eigenvalue weighted by Crippen LogP contribution is 2.19. The molecule has 31 heavy (non-hydrogen) atoms. The van der Waals surface area contributed by atoms with Crippen molar-refractivity contribution in [3.63, 3.8) is 0 Å². The van der Waals surface area contributed by atoms with E-state index in [0.29, 0.717) is 17.3 Å². The molecule has 0 saturated heterocycles. The number of benzene rings is 2. The minimum atomic E-state index is -0.604. The fourth-order valence-corrected chi connectivity index (χ4v) is 4.03. The van der Waals surface area contributed by atoms with Crippen molar-refractivity contribution in [1.82, 2.24) is 10.2 Å². The van der Waals surface area contributed by atoms with Crippen LogP contribution < -0.4 is 10.1 Å². The molecule has 0 fully saturated rings. The summed E-state index contributed by atoms with van der Waals surface area (Å²) in [6.45, 7) is 7.85. The first kappa shape index (κ1) is 25.1. The van der Waals surface area contributed by atoms with Crippen molar-refractivity contribution < 1.29 is 14.3 Å². The van der Waals surface area contributed by atoms with Crippen molar-refractivity contribution in [2.24, 2.45) is 0 Å².